The van der Waals surface area contributed by atoms with Crippen LogP contribution in [0.4, 0.5) is 11.4 Å². The topological polar surface area (TPSA) is 40.6 Å². The number of carbonyl (C=O) groups excluding carboxylic acids is 1. The third kappa shape index (κ3) is 2.78. The summed E-state index contributed by atoms with van der Waals surface area (Å²) in [5.74, 6) is 0. The van der Waals surface area contributed by atoms with E-state index in [0.717, 1.165) is 17.7 Å². The molecule has 0 saturated carbocycles. The van der Waals surface area contributed by atoms with Gasteiger partial charge in [-0.05, 0) is 24.3 Å². The van der Waals surface area contributed by atoms with E-state index in [1.165, 1.54) is 0 Å². The molecule has 0 aromatic heterocycles. The minimum absolute atomic E-state index is 0.202. The zero-order chi connectivity index (χ0) is 17.0. The van der Waals surface area contributed by atoms with Crippen molar-refractivity contribution < 1.29 is 9.36 Å². The van der Waals surface area contributed by atoms with Crippen LogP contribution in [0.2, 0.25) is 0 Å². The number of nitrogens with zero attached hydrogens (tertiary/aromatic N) is 2. The van der Waals surface area contributed by atoms with E-state index in [1.807, 2.05) is 70.0 Å². The molecule has 1 saturated heterocycles. The summed E-state index contributed by atoms with van der Waals surface area (Å²) >= 11 is 0. The van der Waals surface area contributed by atoms with Gasteiger partial charge in [0.05, 0.1) is 5.66 Å². The number of benzene rings is 2. The van der Waals surface area contributed by atoms with Crippen LogP contribution in [-0.4, -0.2) is 25.0 Å². The van der Waals surface area contributed by atoms with Gasteiger partial charge in [0, 0.05) is 30.9 Å². The lowest BCUT2D eigenvalue weighted by Crippen LogP contribution is -2.27. The third-order valence-electron chi connectivity index (χ3n) is 4.37. The number of para-hydroxylation sites is 2. The van der Waals surface area contributed by atoms with Gasteiger partial charge in [0.15, 0.2) is 0 Å². The van der Waals surface area contributed by atoms with Gasteiger partial charge in [-0.25, -0.2) is 0 Å². The predicted octanol–water partition coefficient (Wildman–Crippen LogP) is 4.35. The van der Waals surface area contributed by atoms with E-state index < -0.39 is 13.1 Å². The van der Waals surface area contributed by atoms with Crippen molar-refractivity contribution in [1.29, 1.82) is 0 Å². The maximum Gasteiger partial charge on any atom is 0.270 e. The molecule has 0 bridgehead atoms. The Kier molecular flexibility index (Phi) is 4.86. The molecule has 1 atom stereocenters. The van der Waals surface area contributed by atoms with E-state index in [-0.39, 0.29) is 6.42 Å². The number of aldehydes is 1. The fourth-order valence-corrected chi connectivity index (χ4v) is 6.52. The number of carbonyl (C=O) groups is 1. The van der Waals surface area contributed by atoms with Gasteiger partial charge in [-0.15, -0.1) is 6.58 Å². The molecular weight excluding hydrogens is 319 g/mol. The predicted molar refractivity (Wildman–Crippen MR) is 99.8 cm³/mol. The smallest absolute Gasteiger partial charge is 0.270 e. The van der Waals surface area contributed by atoms with Crippen LogP contribution in [-0.2, 0) is 9.36 Å². The summed E-state index contributed by atoms with van der Waals surface area (Å²) < 4.78 is 18.1. The maximum atomic E-state index is 14.2. The first-order chi connectivity index (χ1) is 11.7. The average molecular weight is 340 g/mol. The molecule has 1 heterocycles. The number of rotatable bonds is 6. The minimum Gasteiger partial charge on any atom is -0.305 e. The second-order valence-corrected chi connectivity index (χ2v) is 8.52. The molecule has 0 spiro atoms. The summed E-state index contributed by atoms with van der Waals surface area (Å²) in [6.45, 7) is 5.15. The molecule has 124 valence electrons. The van der Waals surface area contributed by atoms with Crippen LogP contribution < -0.4 is 9.34 Å². The van der Waals surface area contributed by atoms with Crippen molar-refractivity contribution in [2.75, 3.05) is 22.4 Å². The third-order valence-corrected chi connectivity index (χ3v) is 7.90. The maximum absolute atomic E-state index is 14.2. The highest BCUT2D eigenvalue weighted by Crippen LogP contribution is 2.64. The highest BCUT2D eigenvalue weighted by Gasteiger charge is 2.47. The van der Waals surface area contributed by atoms with Crippen molar-refractivity contribution in [1.82, 2.24) is 0 Å². The molecule has 0 radical (unpaired) electrons. The van der Waals surface area contributed by atoms with Gasteiger partial charge in [-0.2, -0.15) is 0 Å². The summed E-state index contributed by atoms with van der Waals surface area (Å²) in [7, 11) is -3.04. The summed E-state index contributed by atoms with van der Waals surface area (Å²) in [5.41, 5.74) is 1.42. The Morgan fingerprint density at radius 2 is 1.42 bits per heavy atom. The van der Waals surface area contributed by atoms with Gasteiger partial charge < -0.3 is 14.1 Å². The van der Waals surface area contributed by atoms with Crippen molar-refractivity contribution in [3.63, 3.8) is 0 Å². The summed E-state index contributed by atoms with van der Waals surface area (Å²) in [6.07, 6.45) is 2.69. The van der Waals surface area contributed by atoms with Gasteiger partial charge in [-0.3, -0.25) is 4.57 Å². The van der Waals surface area contributed by atoms with Crippen molar-refractivity contribution >= 4 is 25.1 Å². The van der Waals surface area contributed by atoms with Gasteiger partial charge >= 0.3 is 0 Å². The molecule has 1 fully saturated rings. The Morgan fingerprint density at radius 3 is 1.79 bits per heavy atom. The fourth-order valence-electron chi connectivity index (χ4n) is 3.22. The van der Waals surface area contributed by atoms with Crippen LogP contribution >= 0.6 is 7.44 Å². The Bertz CT molecular complexity index is 697. The summed E-state index contributed by atoms with van der Waals surface area (Å²) in [4.78, 5) is 11.2. The highest BCUT2D eigenvalue weighted by molar-refractivity contribution is 7.68. The average Bonchev–Trinajstić information content (AvgIpc) is 2.99. The van der Waals surface area contributed by atoms with Gasteiger partial charge in [0.2, 0.25) is 0 Å². The zero-order valence-electron chi connectivity index (χ0n) is 13.5. The molecule has 2 aromatic carbocycles. The van der Waals surface area contributed by atoms with Crippen LogP contribution in [0.5, 0.6) is 0 Å². The molecule has 3 rings (SSSR count). The minimum atomic E-state index is -3.04. The zero-order valence-corrected chi connectivity index (χ0v) is 14.4. The molecule has 4 nitrogen and oxygen atoms in total. The molecule has 24 heavy (non-hydrogen) atoms. The molecule has 0 amide bonds. The first kappa shape index (κ1) is 16.5. The molecule has 5 heteroatoms. The lowest BCUT2D eigenvalue weighted by Gasteiger charge is -2.36. The van der Waals surface area contributed by atoms with Gasteiger partial charge in [0.25, 0.3) is 7.44 Å². The first-order valence-corrected chi connectivity index (χ1v) is 9.72. The second kappa shape index (κ2) is 7.06. The lowest BCUT2D eigenvalue weighted by atomic mass is 10.3. The van der Waals surface area contributed by atoms with E-state index in [2.05, 4.69) is 6.58 Å². The number of allylic oxidation sites excluding steroid dienone is 1. The van der Waals surface area contributed by atoms with E-state index in [1.54, 1.807) is 6.08 Å². The molecule has 0 aliphatic carbocycles. The SMILES string of the molecule is C=CC(CC=O)P1(=O)N(c2ccccc2)CCN1c1ccccc1. The lowest BCUT2D eigenvalue weighted by molar-refractivity contribution is -0.107. The molecule has 0 N–H and O–H groups in total. The van der Waals surface area contributed by atoms with E-state index in [0.29, 0.717) is 13.1 Å². The standard InChI is InChI=1S/C19H21N2O2P/c1-2-19(13-16-22)24(23)20(17-9-5-3-6-10-17)14-15-21(24)18-11-7-4-8-12-18/h2-12,16,19H,1,13-15H2. The van der Waals surface area contributed by atoms with Crippen LogP contribution in [0, 0.1) is 0 Å². The molecule has 1 aliphatic heterocycles. The van der Waals surface area contributed by atoms with Crippen molar-refractivity contribution in [2.45, 2.75) is 12.1 Å². The van der Waals surface area contributed by atoms with Crippen molar-refractivity contribution in [2.24, 2.45) is 0 Å². The normalized spacial score (nSPS) is 17.5. The quantitative estimate of drug-likeness (QED) is 0.445. The van der Waals surface area contributed by atoms with Gasteiger partial charge in [-0.1, -0.05) is 42.5 Å². The molecule has 1 aliphatic rings. The van der Waals surface area contributed by atoms with Crippen LogP contribution in [0.3, 0.4) is 0 Å². The first-order valence-electron chi connectivity index (χ1n) is 8.04. The van der Waals surface area contributed by atoms with Crippen LogP contribution in [0.1, 0.15) is 6.42 Å². The van der Waals surface area contributed by atoms with E-state index in [4.69, 9.17) is 0 Å². The number of hydrogen-bond donors (Lipinski definition) is 0. The van der Waals surface area contributed by atoms with E-state index >= 15 is 0 Å². The van der Waals surface area contributed by atoms with Crippen molar-refractivity contribution in [3.8, 4) is 0 Å². The highest BCUT2D eigenvalue weighted by atomic mass is 31.2. The number of anilines is 2. The number of hydrogen-bond acceptors (Lipinski definition) is 2. The fraction of sp³-hybridized carbons (Fsp3) is 0.211. The van der Waals surface area contributed by atoms with Crippen LogP contribution in [0.15, 0.2) is 73.3 Å². The molecular formula is C19H21N2O2P. The van der Waals surface area contributed by atoms with Crippen molar-refractivity contribution in [3.05, 3.63) is 73.3 Å². The summed E-state index contributed by atoms with van der Waals surface area (Å²) in [6, 6.07) is 19.5. The monoisotopic (exact) mass is 340 g/mol. The Hall–Kier alpha value is -2.32. The summed E-state index contributed by atoms with van der Waals surface area (Å²) in [5, 5.41) is 0. The Morgan fingerprint density at radius 1 is 0.958 bits per heavy atom. The van der Waals surface area contributed by atoms with Gasteiger partial charge in [0.1, 0.15) is 6.29 Å². The molecule has 1 unspecified atom stereocenters. The Labute approximate surface area is 142 Å². The molecule has 2 aromatic rings. The van der Waals surface area contributed by atoms with Crippen LogP contribution in [0.25, 0.3) is 0 Å². The largest absolute Gasteiger partial charge is 0.305 e. The second-order valence-electron chi connectivity index (χ2n) is 5.71. The van der Waals surface area contributed by atoms with E-state index in [9.17, 15) is 9.36 Å². The Balaban J connectivity index is 2.09.